The Bertz CT molecular complexity index is 379. The predicted molar refractivity (Wildman–Crippen MR) is 63.7 cm³/mol. The largest absolute Gasteiger partial charge is 0.474 e. The summed E-state index contributed by atoms with van der Waals surface area (Å²) >= 11 is 3.30. The molecule has 4 nitrogen and oxygen atoms in total. The summed E-state index contributed by atoms with van der Waals surface area (Å²) < 4.78 is 10.9. The molecule has 0 unspecified atom stereocenters. The van der Waals surface area contributed by atoms with Crippen LogP contribution < -0.4 is 4.74 Å². The summed E-state index contributed by atoms with van der Waals surface area (Å²) in [6, 6.07) is 1.64. The van der Waals surface area contributed by atoms with Gasteiger partial charge < -0.3 is 9.47 Å². The molecular formula is C11H14BrNO3. The summed E-state index contributed by atoms with van der Waals surface area (Å²) in [4.78, 5) is 15.5. The smallest absolute Gasteiger partial charge is 0.339 e. The van der Waals surface area contributed by atoms with Crippen LogP contribution in [0.2, 0.25) is 0 Å². The second-order valence-corrected chi connectivity index (χ2v) is 4.25. The van der Waals surface area contributed by atoms with Gasteiger partial charge in [-0.1, -0.05) is 0 Å². The fraction of sp³-hybridized carbons (Fsp3) is 0.455. The molecule has 0 aliphatic rings. The number of hydrogen-bond acceptors (Lipinski definition) is 4. The fourth-order valence-electron chi connectivity index (χ4n) is 1.06. The van der Waals surface area contributed by atoms with E-state index in [2.05, 4.69) is 20.9 Å². The van der Waals surface area contributed by atoms with E-state index in [1.54, 1.807) is 13.0 Å². The van der Waals surface area contributed by atoms with Crippen molar-refractivity contribution in [2.24, 2.45) is 0 Å². The Balaban J connectivity index is 2.86. The number of esters is 1. The number of nitrogens with zero attached hydrogens (tertiary/aromatic N) is 1. The molecule has 0 aliphatic heterocycles. The van der Waals surface area contributed by atoms with Crippen molar-refractivity contribution in [3.05, 3.63) is 22.3 Å². The number of halogens is 1. The first kappa shape index (κ1) is 13.0. The first-order valence-corrected chi connectivity index (χ1v) is 5.83. The van der Waals surface area contributed by atoms with Gasteiger partial charge >= 0.3 is 5.97 Å². The van der Waals surface area contributed by atoms with Crippen molar-refractivity contribution >= 4 is 21.9 Å². The molecule has 1 heterocycles. The van der Waals surface area contributed by atoms with Crippen LogP contribution in [0.15, 0.2) is 16.7 Å². The summed E-state index contributed by atoms with van der Waals surface area (Å²) in [5.41, 5.74) is 0.407. The van der Waals surface area contributed by atoms with Gasteiger partial charge in [0.05, 0.1) is 22.7 Å². The van der Waals surface area contributed by atoms with Gasteiger partial charge in [-0.05, 0) is 42.8 Å². The second kappa shape index (κ2) is 5.84. The van der Waals surface area contributed by atoms with E-state index < -0.39 is 0 Å². The SMILES string of the molecule is CCOC(=O)c1cnc(OC(C)C)c(Br)c1. The van der Waals surface area contributed by atoms with Crippen LogP contribution in [0.4, 0.5) is 0 Å². The van der Waals surface area contributed by atoms with E-state index in [1.807, 2.05) is 13.8 Å². The van der Waals surface area contributed by atoms with Crippen molar-refractivity contribution < 1.29 is 14.3 Å². The minimum absolute atomic E-state index is 0.0391. The summed E-state index contributed by atoms with van der Waals surface area (Å²) in [5.74, 6) is 0.0924. The van der Waals surface area contributed by atoms with Crippen LogP contribution in [0.1, 0.15) is 31.1 Å². The van der Waals surface area contributed by atoms with E-state index in [4.69, 9.17) is 9.47 Å². The Morgan fingerprint density at radius 3 is 2.75 bits per heavy atom. The minimum atomic E-state index is -0.383. The van der Waals surface area contributed by atoms with Crippen LogP contribution in [0, 0.1) is 0 Å². The average Bonchev–Trinajstić information content (AvgIpc) is 2.20. The molecule has 0 aliphatic carbocycles. The van der Waals surface area contributed by atoms with Crippen molar-refractivity contribution in [1.29, 1.82) is 0 Å². The third-order valence-electron chi connectivity index (χ3n) is 1.67. The molecule has 0 amide bonds. The molecule has 0 saturated carbocycles. The monoisotopic (exact) mass is 287 g/mol. The van der Waals surface area contributed by atoms with Crippen LogP contribution in [-0.2, 0) is 4.74 Å². The third kappa shape index (κ3) is 3.48. The highest BCUT2D eigenvalue weighted by atomic mass is 79.9. The normalized spacial score (nSPS) is 10.3. The molecule has 0 atom stereocenters. The number of carbonyl (C=O) groups is 1. The van der Waals surface area contributed by atoms with Gasteiger partial charge in [0.25, 0.3) is 0 Å². The number of carbonyl (C=O) groups excluding carboxylic acids is 1. The molecular weight excluding hydrogens is 274 g/mol. The summed E-state index contributed by atoms with van der Waals surface area (Å²) in [7, 11) is 0. The Morgan fingerprint density at radius 2 is 2.25 bits per heavy atom. The molecule has 0 saturated heterocycles. The van der Waals surface area contributed by atoms with Crippen LogP contribution in [-0.4, -0.2) is 23.7 Å². The molecule has 16 heavy (non-hydrogen) atoms. The van der Waals surface area contributed by atoms with Gasteiger partial charge in [-0.3, -0.25) is 0 Å². The molecule has 0 radical (unpaired) electrons. The summed E-state index contributed by atoms with van der Waals surface area (Å²) in [6.45, 7) is 5.93. The lowest BCUT2D eigenvalue weighted by Crippen LogP contribution is -2.09. The van der Waals surface area contributed by atoms with E-state index >= 15 is 0 Å². The molecule has 0 aromatic carbocycles. The van der Waals surface area contributed by atoms with E-state index in [-0.39, 0.29) is 12.1 Å². The van der Waals surface area contributed by atoms with Crippen LogP contribution in [0.5, 0.6) is 5.88 Å². The highest BCUT2D eigenvalue weighted by Crippen LogP contribution is 2.24. The minimum Gasteiger partial charge on any atom is -0.474 e. The zero-order chi connectivity index (χ0) is 12.1. The topological polar surface area (TPSA) is 48.4 Å². The van der Waals surface area contributed by atoms with Gasteiger partial charge in [0.15, 0.2) is 0 Å². The summed E-state index contributed by atoms with van der Waals surface area (Å²) in [6.07, 6.45) is 1.48. The van der Waals surface area contributed by atoms with Crippen molar-refractivity contribution in [2.45, 2.75) is 26.9 Å². The number of aromatic nitrogens is 1. The number of pyridine rings is 1. The lowest BCUT2D eigenvalue weighted by Gasteiger charge is -2.10. The zero-order valence-electron chi connectivity index (χ0n) is 9.49. The van der Waals surface area contributed by atoms with E-state index in [1.165, 1.54) is 6.20 Å². The maximum atomic E-state index is 11.4. The highest BCUT2D eigenvalue weighted by molar-refractivity contribution is 9.10. The Morgan fingerprint density at radius 1 is 1.56 bits per heavy atom. The van der Waals surface area contributed by atoms with E-state index in [9.17, 15) is 4.79 Å². The fourth-order valence-corrected chi connectivity index (χ4v) is 1.50. The maximum absolute atomic E-state index is 11.4. The number of ether oxygens (including phenoxy) is 2. The molecule has 0 fully saturated rings. The van der Waals surface area contributed by atoms with Crippen LogP contribution >= 0.6 is 15.9 Å². The lowest BCUT2D eigenvalue weighted by molar-refractivity contribution is 0.0525. The third-order valence-corrected chi connectivity index (χ3v) is 2.23. The molecule has 0 N–H and O–H groups in total. The second-order valence-electron chi connectivity index (χ2n) is 3.40. The van der Waals surface area contributed by atoms with Gasteiger partial charge in [-0.2, -0.15) is 0 Å². The molecule has 5 heteroatoms. The number of hydrogen-bond donors (Lipinski definition) is 0. The molecule has 1 rings (SSSR count). The first-order chi connectivity index (χ1) is 7.54. The molecule has 0 spiro atoms. The Hall–Kier alpha value is -1.10. The highest BCUT2D eigenvalue weighted by Gasteiger charge is 2.11. The maximum Gasteiger partial charge on any atom is 0.339 e. The predicted octanol–water partition coefficient (Wildman–Crippen LogP) is 2.81. The van der Waals surface area contributed by atoms with Gasteiger partial charge in [0.2, 0.25) is 5.88 Å². The number of rotatable bonds is 4. The zero-order valence-corrected chi connectivity index (χ0v) is 11.1. The van der Waals surface area contributed by atoms with Crippen molar-refractivity contribution in [2.75, 3.05) is 6.61 Å². The van der Waals surface area contributed by atoms with E-state index in [0.29, 0.717) is 22.5 Å². The molecule has 0 bridgehead atoms. The molecule has 88 valence electrons. The van der Waals surface area contributed by atoms with Crippen molar-refractivity contribution in [3.8, 4) is 5.88 Å². The van der Waals surface area contributed by atoms with Crippen LogP contribution in [0.25, 0.3) is 0 Å². The van der Waals surface area contributed by atoms with Gasteiger partial charge in [-0.25, -0.2) is 9.78 Å². The molecule has 1 aromatic heterocycles. The van der Waals surface area contributed by atoms with Gasteiger partial charge in [-0.15, -0.1) is 0 Å². The Labute approximate surface area is 103 Å². The Kier molecular flexibility index (Phi) is 4.73. The summed E-state index contributed by atoms with van der Waals surface area (Å²) in [5, 5.41) is 0. The lowest BCUT2D eigenvalue weighted by atomic mass is 10.3. The molecule has 1 aromatic rings. The van der Waals surface area contributed by atoms with Gasteiger partial charge in [0.1, 0.15) is 0 Å². The van der Waals surface area contributed by atoms with Crippen molar-refractivity contribution in [1.82, 2.24) is 4.98 Å². The average molecular weight is 288 g/mol. The van der Waals surface area contributed by atoms with E-state index in [0.717, 1.165) is 0 Å². The van der Waals surface area contributed by atoms with Crippen LogP contribution in [0.3, 0.4) is 0 Å². The standard InChI is InChI=1S/C11H14BrNO3/c1-4-15-11(14)8-5-9(12)10(13-6-8)16-7(2)3/h5-7H,4H2,1-3H3. The van der Waals surface area contributed by atoms with Crippen molar-refractivity contribution in [3.63, 3.8) is 0 Å². The first-order valence-electron chi connectivity index (χ1n) is 5.04. The van der Waals surface area contributed by atoms with Gasteiger partial charge in [0, 0.05) is 6.20 Å². The quantitative estimate of drug-likeness (QED) is 0.799.